The third kappa shape index (κ3) is 5.61. The molecule has 0 spiro atoms. The maximum absolute atomic E-state index is 12.8. The summed E-state index contributed by atoms with van der Waals surface area (Å²) >= 11 is 0. The highest BCUT2D eigenvalue weighted by atomic mass is 19.1. The highest BCUT2D eigenvalue weighted by Crippen LogP contribution is 2.04. The van der Waals surface area contributed by atoms with Gasteiger partial charge in [0.05, 0.1) is 0 Å². The molecule has 0 saturated carbocycles. The quantitative estimate of drug-likeness (QED) is 0.603. The van der Waals surface area contributed by atoms with Crippen LogP contribution < -0.4 is 21.9 Å². The van der Waals surface area contributed by atoms with Crippen molar-refractivity contribution in [1.29, 1.82) is 0 Å². The molecule has 2 aromatic rings. The summed E-state index contributed by atoms with van der Waals surface area (Å²) < 4.78 is 12.8. The van der Waals surface area contributed by atoms with E-state index in [2.05, 4.69) is 16.2 Å². The van der Waals surface area contributed by atoms with Gasteiger partial charge in [0.25, 0.3) is 11.8 Å². The molecule has 4 amide bonds. The number of primary amides is 1. The molecule has 0 heterocycles. The Hall–Kier alpha value is -3.42. The van der Waals surface area contributed by atoms with E-state index in [0.717, 1.165) is 17.7 Å². The average Bonchev–Trinajstić information content (AvgIpc) is 2.60. The van der Waals surface area contributed by atoms with E-state index in [1.165, 1.54) is 12.1 Å². The van der Waals surface area contributed by atoms with Gasteiger partial charge in [-0.15, -0.1) is 0 Å². The van der Waals surface area contributed by atoms with Crippen molar-refractivity contribution in [3.8, 4) is 0 Å². The number of halogens is 1. The van der Waals surface area contributed by atoms with Crippen molar-refractivity contribution in [1.82, 2.24) is 16.2 Å². The molecule has 2 aromatic carbocycles. The SMILES string of the molecule is NC(=O)NC(Cc1ccccc1)C(=O)NNC(=O)c1ccc(F)cc1. The molecule has 25 heavy (non-hydrogen) atoms. The summed E-state index contributed by atoms with van der Waals surface area (Å²) in [5.41, 5.74) is 10.5. The number of amides is 4. The van der Waals surface area contributed by atoms with Crippen LogP contribution in [0.1, 0.15) is 15.9 Å². The highest BCUT2D eigenvalue weighted by molar-refractivity contribution is 5.96. The van der Waals surface area contributed by atoms with Crippen LogP contribution in [0.2, 0.25) is 0 Å². The fourth-order valence-electron chi connectivity index (χ4n) is 2.11. The molecular formula is C17H17FN4O3. The molecule has 0 aliphatic rings. The van der Waals surface area contributed by atoms with Crippen LogP contribution in [-0.4, -0.2) is 23.9 Å². The number of benzene rings is 2. The van der Waals surface area contributed by atoms with Gasteiger partial charge in [-0.05, 0) is 29.8 Å². The number of carbonyl (C=O) groups excluding carboxylic acids is 3. The van der Waals surface area contributed by atoms with Gasteiger partial charge in [0.1, 0.15) is 11.9 Å². The minimum atomic E-state index is -0.964. The van der Waals surface area contributed by atoms with E-state index in [4.69, 9.17) is 5.73 Å². The molecule has 5 N–H and O–H groups in total. The fourth-order valence-corrected chi connectivity index (χ4v) is 2.11. The van der Waals surface area contributed by atoms with Gasteiger partial charge in [-0.1, -0.05) is 30.3 Å². The molecule has 0 bridgehead atoms. The Morgan fingerprint density at radius 2 is 1.60 bits per heavy atom. The van der Waals surface area contributed by atoms with Crippen molar-refractivity contribution in [2.45, 2.75) is 12.5 Å². The predicted molar refractivity (Wildman–Crippen MR) is 88.7 cm³/mol. The maximum Gasteiger partial charge on any atom is 0.312 e. The van der Waals surface area contributed by atoms with E-state index in [1.54, 1.807) is 24.3 Å². The number of nitrogens with two attached hydrogens (primary N) is 1. The van der Waals surface area contributed by atoms with Crippen molar-refractivity contribution >= 4 is 17.8 Å². The van der Waals surface area contributed by atoms with Gasteiger partial charge >= 0.3 is 6.03 Å². The number of hydrogen-bond acceptors (Lipinski definition) is 3. The maximum atomic E-state index is 12.8. The van der Waals surface area contributed by atoms with Gasteiger partial charge in [0.15, 0.2) is 0 Å². The van der Waals surface area contributed by atoms with Crippen LogP contribution in [0.5, 0.6) is 0 Å². The van der Waals surface area contributed by atoms with Gasteiger partial charge < -0.3 is 11.1 Å². The standard InChI is InChI=1S/C17H17FN4O3/c18-13-8-6-12(7-9-13)15(23)21-22-16(24)14(20-17(19)25)10-11-4-2-1-3-5-11/h1-9,14H,10H2,(H,21,23)(H,22,24)(H3,19,20,25). The fraction of sp³-hybridized carbons (Fsp3) is 0.118. The normalized spacial score (nSPS) is 11.2. The van der Waals surface area contributed by atoms with Crippen LogP contribution >= 0.6 is 0 Å². The van der Waals surface area contributed by atoms with Crippen LogP contribution in [0.25, 0.3) is 0 Å². The van der Waals surface area contributed by atoms with Crippen LogP contribution in [0.3, 0.4) is 0 Å². The summed E-state index contributed by atoms with van der Waals surface area (Å²) in [6.07, 6.45) is 0.196. The molecule has 2 rings (SSSR count). The number of urea groups is 1. The zero-order valence-corrected chi connectivity index (χ0v) is 13.2. The van der Waals surface area contributed by atoms with Crippen LogP contribution in [-0.2, 0) is 11.2 Å². The predicted octanol–water partition coefficient (Wildman–Crippen LogP) is 0.866. The molecule has 0 aliphatic carbocycles. The molecule has 1 atom stereocenters. The second-order valence-electron chi connectivity index (χ2n) is 5.20. The van der Waals surface area contributed by atoms with E-state index < -0.39 is 29.7 Å². The molecule has 8 heteroatoms. The molecule has 1 unspecified atom stereocenters. The molecule has 130 valence electrons. The van der Waals surface area contributed by atoms with Gasteiger partial charge in [0.2, 0.25) is 0 Å². The Morgan fingerprint density at radius 1 is 0.960 bits per heavy atom. The third-order valence-electron chi connectivity index (χ3n) is 3.32. The summed E-state index contributed by atoms with van der Waals surface area (Å²) in [5.74, 6) is -1.74. The molecular weight excluding hydrogens is 327 g/mol. The number of rotatable bonds is 5. The summed E-state index contributed by atoms with van der Waals surface area (Å²) in [5, 5.41) is 2.33. The largest absolute Gasteiger partial charge is 0.352 e. The molecule has 0 aromatic heterocycles. The summed E-state index contributed by atoms with van der Waals surface area (Å²) in [6.45, 7) is 0. The minimum Gasteiger partial charge on any atom is -0.352 e. The van der Waals surface area contributed by atoms with Crippen molar-refractivity contribution in [3.05, 3.63) is 71.5 Å². The Labute approximate surface area is 143 Å². The van der Waals surface area contributed by atoms with Crippen molar-refractivity contribution in [2.75, 3.05) is 0 Å². The Morgan fingerprint density at radius 3 is 2.20 bits per heavy atom. The molecule has 7 nitrogen and oxygen atoms in total. The summed E-state index contributed by atoms with van der Waals surface area (Å²) in [4.78, 5) is 35.2. The monoisotopic (exact) mass is 344 g/mol. The van der Waals surface area contributed by atoms with Crippen LogP contribution in [0.15, 0.2) is 54.6 Å². The smallest absolute Gasteiger partial charge is 0.312 e. The topological polar surface area (TPSA) is 113 Å². The van der Waals surface area contributed by atoms with Crippen molar-refractivity contribution in [3.63, 3.8) is 0 Å². The lowest BCUT2D eigenvalue weighted by Gasteiger charge is -2.17. The number of nitrogens with one attached hydrogen (secondary N) is 3. The Bertz CT molecular complexity index is 750. The van der Waals surface area contributed by atoms with Crippen LogP contribution in [0.4, 0.5) is 9.18 Å². The molecule has 0 saturated heterocycles. The zero-order valence-electron chi connectivity index (χ0n) is 13.2. The molecule has 0 aliphatic heterocycles. The first-order valence-electron chi connectivity index (χ1n) is 7.41. The van der Waals surface area contributed by atoms with E-state index >= 15 is 0 Å². The van der Waals surface area contributed by atoms with Gasteiger partial charge in [-0.3, -0.25) is 20.4 Å². The first kappa shape index (κ1) is 17.9. The lowest BCUT2D eigenvalue weighted by atomic mass is 10.1. The van der Waals surface area contributed by atoms with Crippen molar-refractivity contribution < 1.29 is 18.8 Å². The number of hydrazine groups is 1. The Kier molecular flexibility index (Phi) is 6.05. The second-order valence-corrected chi connectivity index (χ2v) is 5.20. The zero-order chi connectivity index (χ0) is 18.2. The second kappa shape index (κ2) is 8.44. The van der Waals surface area contributed by atoms with Gasteiger partial charge in [-0.2, -0.15) is 0 Å². The van der Waals surface area contributed by atoms with Gasteiger partial charge in [-0.25, -0.2) is 9.18 Å². The highest BCUT2D eigenvalue weighted by Gasteiger charge is 2.21. The first-order chi connectivity index (χ1) is 12.0. The minimum absolute atomic E-state index is 0.171. The lowest BCUT2D eigenvalue weighted by molar-refractivity contribution is -0.123. The summed E-state index contributed by atoms with van der Waals surface area (Å²) in [7, 11) is 0. The van der Waals surface area contributed by atoms with Gasteiger partial charge in [0, 0.05) is 12.0 Å². The lowest BCUT2D eigenvalue weighted by Crippen LogP contribution is -2.54. The number of hydrogen-bond donors (Lipinski definition) is 4. The van der Waals surface area contributed by atoms with Crippen molar-refractivity contribution in [2.24, 2.45) is 5.73 Å². The van der Waals surface area contributed by atoms with E-state index in [9.17, 15) is 18.8 Å². The average molecular weight is 344 g/mol. The summed E-state index contributed by atoms with van der Waals surface area (Å²) in [6, 6.07) is 12.0. The van der Waals surface area contributed by atoms with E-state index in [0.29, 0.717) is 0 Å². The van der Waals surface area contributed by atoms with E-state index in [1.807, 2.05) is 6.07 Å². The third-order valence-corrected chi connectivity index (χ3v) is 3.32. The van der Waals surface area contributed by atoms with E-state index in [-0.39, 0.29) is 12.0 Å². The Balaban J connectivity index is 1.97. The van der Waals surface area contributed by atoms with Crippen LogP contribution in [0, 0.1) is 5.82 Å². The number of carbonyl (C=O) groups is 3. The molecule has 0 radical (unpaired) electrons. The first-order valence-corrected chi connectivity index (χ1v) is 7.41. The molecule has 0 fully saturated rings.